The van der Waals surface area contributed by atoms with E-state index >= 15 is 0 Å². The Balaban J connectivity index is 1.87. The molecule has 156 valence electrons. The summed E-state index contributed by atoms with van der Waals surface area (Å²) in [6, 6.07) is 8.87. The van der Waals surface area contributed by atoms with E-state index in [1.165, 1.54) is 6.07 Å². The second kappa shape index (κ2) is 6.98. The molecule has 0 spiro atoms. The lowest BCUT2D eigenvalue weighted by Gasteiger charge is -2.31. The van der Waals surface area contributed by atoms with Crippen molar-refractivity contribution in [3.63, 3.8) is 0 Å². The zero-order chi connectivity index (χ0) is 21.8. The number of hydrogen-bond acceptors (Lipinski definition) is 5. The largest absolute Gasteiger partial charge is 0.508 e. The van der Waals surface area contributed by atoms with Gasteiger partial charge in [0.15, 0.2) is 10.6 Å². The third-order valence-electron chi connectivity index (χ3n) is 5.60. The first kappa shape index (κ1) is 20.2. The van der Waals surface area contributed by atoms with E-state index < -0.39 is 0 Å². The van der Waals surface area contributed by atoms with E-state index in [0.29, 0.717) is 28.1 Å². The van der Waals surface area contributed by atoms with Crippen molar-refractivity contribution in [1.29, 1.82) is 0 Å². The first-order valence-corrected chi connectivity index (χ1v) is 10.2. The van der Waals surface area contributed by atoms with Gasteiger partial charge in [-0.15, -0.1) is 0 Å². The highest BCUT2D eigenvalue weighted by molar-refractivity contribution is 7.71. The summed E-state index contributed by atoms with van der Waals surface area (Å²) in [6.45, 7) is 7.59. The van der Waals surface area contributed by atoms with Crippen molar-refractivity contribution in [3.8, 4) is 28.6 Å². The van der Waals surface area contributed by atoms with Gasteiger partial charge < -0.3 is 15.1 Å². The van der Waals surface area contributed by atoms with Gasteiger partial charge in [0.05, 0.1) is 11.3 Å². The molecule has 0 aliphatic carbocycles. The molecule has 2 heterocycles. The smallest absolute Gasteiger partial charge is 0.224 e. The number of amides is 1. The van der Waals surface area contributed by atoms with Crippen LogP contribution in [0, 0.1) is 4.77 Å². The second-order valence-corrected chi connectivity index (χ2v) is 8.58. The number of hydrogen-bond donors (Lipinski definition) is 3. The molecule has 0 bridgehead atoms. The number of rotatable bonds is 3. The Labute approximate surface area is 179 Å². The number of aromatic amines is 1. The highest BCUT2D eigenvalue weighted by atomic mass is 32.1. The lowest BCUT2D eigenvalue weighted by molar-refractivity contribution is -0.117. The highest BCUT2D eigenvalue weighted by Gasteiger charge is 2.38. The molecule has 0 unspecified atom stereocenters. The van der Waals surface area contributed by atoms with Crippen LogP contribution in [-0.2, 0) is 17.6 Å². The van der Waals surface area contributed by atoms with E-state index in [9.17, 15) is 15.0 Å². The van der Waals surface area contributed by atoms with E-state index in [-0.39, 0.29) is 22.9 Å². The minimum absolute atomic E-state index is 0.00761. The zero-order valence-electron chi connectivity index (χ0n) is 17.4. The third-order valence-corrected chi connectivity index (χ3v) is 5.87. The number of H-pyrrole nitrogens is 1. The Kier molecular flexibility index (Phi) is 4.69. The number of fused-ring (bicyclic) bond motifs is 1. The van der Waals surface area contributed by atoms with Crippen molar-refractivity contribution in [2.45, 2.75) is 46.1 Å². The van der Waals surface area contributed by atoms with Gasteiger partial charge in [-0.25, -0.2) is 0 Å². The summed E-state index contributed by atoms with van der Waals surface area (Å²) in [4.78, 5) is 14.0. The number of nitrogens with zero attached hydrogens (tertiary/aromatic N) is 3. The van der Waals surface area contributed by atoms with Crippen LogP contribution in [0.2, 0.25) is 0 Å². The molecule has 2 aromatic carbocycles. The maximum absolute atomic E-state index is 12.2. The Hall–Kier alpha value is -3.13. The molecule has 4 rings (SSSR count). The minimum Gasteiger partial charge on any atom is -0.508 e. The van der Waals surface area contributed by atoms with E-state index in [4.69, 9.17) is 12.2 Å². The SMILES string of the molecule is CCc1cc(-c2n[nH]c(=S)n2-c2ccc3c(c2)CC(C)(C)N3C(C)=O)c(O)cc1O. The highest BCUT2D eigenvalue weighted by Crippen LogP contribution is 2.41. The van der Waals surface area contributed by atoms with Gasteiger partial charge in [-0.1, -0.05) is 6.92 Å². The van der Waals surface area contributed by atoms with Crippen LogP contribution in [0.1, 0.15) is 38.8 Å². The Bertz CT molecular complexity index is 1230. The van der Waals surface area contributed by atoms with Crippen molar-refractivity contribution in [2.75, 3.05) is 4.90 Å². The van der Waals surface area contributed by atoms with Crippen molar-refractivity contribution in [2.24, 2.45) is 0 Å². The van der Waals surface area contributed by atoms with Crippen molar-refractivity contribution in [3.05, 3.63) is 46.2 Å². The molecule has 1 aliphatic rings. The number of carbonyl (C=O) groups excluding carboxylic acids is 1. The molecule has 1 amide bonds. The number of aromatic hydroxyl groups is 2. The summed E-state index contributed by atoms with van der Waals surface area (Å²) >= 11 is 5.47. The molecule has 3 N–H and O–H groups in total. The molecule has 0 atom stereocenters. The quantitative estimate of drug-likeness (QED) is 0.546. The Morgan fingerprint density at radius 1 is 1.23 bits per heavy atom. The van der Waals surface area contributed by atoms with Gasteiger partial charge in [-0.3, -0.25) is 14.5 Å². The summed E-state index contributed by atoms with van der Waals surface area (Å²) in [5, 5.41) is 27.6. The summed E-state index contributed by atoms with van der Waals surface area (Å²) < 4.78 is 2.14. The Morgan fingerprint density at radius 2 is 1.97 bits per heavy atom. The van der Waals surface area contributed by atoms with Crippen LogP contribution < -0.4 is 4.90 Å². The molecule has 1 aromatic heterocycles. The van der Waals surface area contributed by atoms with Crippen LogP contribution in [0.4, 0.5) is 5.69 Å². The predicted molar refractivity (Wildman–Crippen MR) is 118 cm³/mol. The average molecular weight is 425 g/mol. The number of aromatic nitrogens is 3. The first-order valence-electron chi connectivity index (χ1n) is 9.80. The molecular formula is C22H24N4O3S. The van der Waals surface area contributed by atoms with Gasteiger partial charge in [-0.2, -0.15) is 5.10 Å². The lowest BCUT2D eigenvalue weighted by Crippen LogP contribution is -2.44. The van der Waals surface area contributed by atoms with Crippen LogP contribution in [-0.4, -0.2) is 36.4 Å². The van der Waals surface area contributed by atoms with Crippen molar-refractivity contribution < 1.29 is 15.0 Å². The van der Waals surface area contributed by atoms with Crippen LogP contribution in [0.3, 0.4) is 0 Å². The summed E-state index contributed by atoms with van der Waals surface area (Å²) in [7, 11) is 0. The average Bonchev–Trinajstić information content (AvgIpc) is 3.16. The van der Waals surface area contributed by atoms with Crippen molar-refractivity contribution in [1.82, 2.24) is 14.8 Å². The fourth-order valence-electron chi connectivity index (χ4n) is 4.34. The van der Waals surface area contributed by atoms with Gasteiger partial charge in [0, 0.05) is 24.2 Å². The molecule has 0 saturated carbocycles. The number of phenolic OH excluding ortho intramolecular Hbond substituents is 2. The monoisotopic (exact) mass is 424 g/mol. The fourth-order valence-corrected chi connectivity index (χ4v) is 4.58. The van der Waals surface area contributed by atoms with Crippen LogP contribution in [0.25, 0.3) is 17.1 Å². The number of nitrogens with one attached hydrogen (secondary N) is 1. The molecule has 7 nitrogen and oxygen atoms in total. The zero-order valence-corrected chi connectivity index (χ0v) is 18.2. The molecule has 0 saturated heterocycles. The third kappa shape index (κ3) is 3.08. The van der Waals surface area contributed by atoms with Crippen molar-refractivity contribution >= 4 is 23.8 Å². The normalized spacial score (nSPS) is 14.7. The van der Waals surface area contributed by atoms with Gasteiger partial charge in [0.2, 0.25) is 5.91 Å². The number of carbonyl (C=O) groups is 1. The molecule has 30 heavy (non-hydrogen) atoms. The van der Waals surface area contributed by atoms with Crippen LogP contribution in [0.15, 0.2) is 30.3 Å². The number of phenols is 2. The summed E-state index contributed by atoms with van der Waals surface area (Å²) in [5.74, 6) is 0.426. The number of benzene rings is 2. The topological polar surface area (TPSA) is 94.4 Å². The van der Waals surface area contributed by atoms with Gasteiger partial charge in [0.25, 0.3) is 0 Å². The number of aryl methyl sites for hydroxylation is 1. The van der Waals surface area contributed by atoms with Gasteiger partial charge >= 0.3 is 0 Å². The minimum atomic E-state index is -0.307. The summed E-state index contributed by atoms with van der Waals surface area (Å²) in [6.07, 6.45) is 1.33. The van der Waals surface area contributed by atoms with Crippen LogP contribution in [0.5, 0.6) is 11.5 Å². The number of anilines is 1. The molecule has 0 fully saturated rings. The molecule has 8 heteroatoms. The van der Waals surface area contributed by atoms with E-state index in [0.717, 1.165) is 23.4 Å². The first-order chi connectivity index (χ1) is 14.1. The van der Waals surface area contributed by atoms with Gasteiger partial charge in [0.1, 0.15) is 11.5 Å². The fraction of sp³-hybridized carbons (Fsp3) is 0.318. The van der Waals surface area contributed by atoms with E-state index in [2.05, 4.69) is 10.2 Å². The lowest BCUT2D eigenvalue weighted by atomic mass is 9.99. The molecule has 0 radical (unpaired) electrons. The molecule has 1 aliphatic heterocycles. The standard InChI is InChI=1S/C22H24N4O3S/c1-5-13-9-16(19(29)10-18(13)28)20-23-24-21(30)25(20)15-6-7-17-14(8-15)11-22(3,4)26(17)12(2)27/h6-10,28-29H,5,11H2,1-4H3,(H,24,30). The summed E-state index contributed by atoms with van der Waals surface area (Å²) in [5.41, 5.74) is 3.60. The second-order valence-electron chi connectivity index (χ2n) is 8.20. The van der Waals surface area contributed by atoms with Crippen LogP contribution >= 0.6 is 12.2 Å². The van der Waals surface area contributed by atoms with Gasteiger partial charge in [-0.05, 0) is 74.3 Å². The predicted octanol–water partition coefficient (Wildman–Crippen LogP) is 4.26. The maximum atomic E-state index is 12.2. The maximum Gasteiger partial charge on any atom is 0.224 e. The molecular weight excluding hydrogens is 400 g/mol. The van der Waals surface area contributed by atoms with E-state index in [1.54, 1.807) is 17.6 Å². The molecule has 3 aromatic rings. The Morgan fingerprint density at radius 3 is 2.63 bits per heavy atom. The van der Waals surface area contributed by atoms with E-state index in [1.807, 2.05) is 43.9 Å².